The summed E-state index contributed by atoms with van der Waals surface area (Å²) in [5, 5.41) is 4.94. The Morgan fingerprint density at radius 3 is 2.83 bits per heavy atom. The first-order valence-corrected chi connectivity index (χ1v) is 8.08. The van der Waals surface area contributed by atoms with Crippen LogP contribution >= 0.6 is 0 Å². The van der Waals surface area contributed by atoms with Crippen LogP contribution in [0, 0.1) is 5.92 Å². The summed E-state index contributed by atoms with van der Waals surface area (Å²) in [6.45, 7) is 9.59. The van der Waals surface area contributed by atoms with Crippen LogP contribution in [0.1, 0.15) is 50.2 Å². The van der Waals surface area contributed by atoms with Gasteiger partial charge in [0.05, 0.1) is 16.6 Å². The van der Waals surface area contributed by atoms with Gasteiger partial charge in [-0.1, -0.05) is 25.9 Å². The molecule has 1 aliphatic rings. The van der Waals surface area contributed by atoms with Gasteiger partial charge in [0.15, 0.2) is 0 Å². The van der Waals surface area contributed by atoms with E-state index < -0.39 is 0 Å². The average Bonchev–Trinajstić information content (AvgIpc) is 3.08. The Morgan fingerprint density at radius 2 is 2.22 bits per heavy atom. The first-order chi connectivity index (χ1) is 10.8. The summed E-state index contributed by atoms with van der Waals surface area (Å²) in [6.07, 6.45) is 2.53. The Kier molecular flexibility index (Phi) is 3.88. The molecule has 2 atom stereocenters. The number of nitrogens with zero attached hydrogens (tertiary/aromatic N) is 3. The SMILES string of the molecule is CC1CC(CN)CN1C(=O)c1cnc2onc(C(C)(C)C)c2c1. The maximum atomic E-state index is 12.8. The van der Waals surface area contributed by atoms with Crippen molar-refractivity contribution < 1.29 is 9.32 Å². The molecule has 0 aromatic carbocycles. The molecule has 6 heteroatoms. The van der Waals surface area contributed by atoms with Crippen molar-refractivity contribution in [3.8, 4) is 0 Å². The Bertz CT molecular complexity index is 732. The molecule has 0 saturated carbocycles. The van der Waals surface area contributed by atoms with E-state index >= 15 is 0 Å². The minimum Gasteiger partial charge on any atom is -0.336 e. The first kappa shape index (κ1) is 15.9. The number of rotatable bonds is 2. The number of nitrogens with two attached hydrogens (primary N) is 1. The maximum Gasteiger partial charge on any atom is 0.257 e. The highest BCUT2D eigenvalue weighted by molar-refractivity contribution is 5.97. The molecule has 23 heavy (non-hydrogen) atoms. The fraction of sp³-hybridized carbons (Fsp3) is 0.588. The zero-order valence-electron chi connectivity index (χ0n) is 14.2. The van der Waals surface area contributed by atoms with Gasteiger partial charge in [0.25, 0.3) is 11.6 Å². The minimum absolute atomic E-state index is 0.00362. The Morgan fingerprint density at radius 1 is 1.48 bits per heavy atom. The third-order valence-corrected chi connectivity index (χ3v) is 4.54. The van der Waals surface area contributed by atoms with E-state index in [1.165, 1.54) is 0 Å². The largest absolute Gasteiger partial charge is 0.336 e. The van der Waals surface area contributed by atoms with E-state index in [1.54, 1.807) is 6.20 Å². The lowest BCUT2D eigenvalue weighted by Crippen LogP contribution is -2.34. The number of hydrogen-bond acceptors (Lipinski definition) is 5. The second-order valence-electron chi connectivity index (χ2n) is 7.50. The molecular formula is C17H24N4O2. The van der Waals surface area contributed by atoms with Crippen molar-refractivity contribution in [2.75, 3.05) is 13.1 Å². The van der Waals surface area contributed by atoms with Gasteiger partial charge in [-0.3, -0.25) is 4.79 Å². The smallest absolute Gasteiger partial charge is 0.257 e. The zero-order chi connectivity index (χ0) is 16.8. The van der Waals surface area contributed by atoms with Crippen LogP contribution in [0.3, 0.4) is 0 Å². The van der Waals surface area contributed by atoms with Gasteiger partial charge in [-0.2, -0.15) is 0 Å². The molecule has 3 rings (SSSR count). The summed E-state index contributed by atoms with van der Waals surface area (Å²) in [5.41, 5.74) is 7.46. The van der Waals surface area contributed by atoms with Crippen molar-refractivity contribution in [3.63, 3.8) is 0 Å². The molecule has 0 aliphatic carbocycles. The van der Waals surface area contributed by atoms with E-state index in [4.69, 9.17) is 10.3 Å². The van der Waals surface area contributed by atoms with Crippen LogP contribution in [0.4, 0.5) is 0 Å². The van der Waals surface area contributed by atoms with Crippen LogP contribution in [-0.2, 0) is 5.41 Å². The topological polar surface area (TPSA) is 85.2 Å². The molecule has 0 bridgehead atoms. The molecule has 124 valence electrons. The van der Waals surface area contributed by atoms with E-state index in [1.807, 2.05) is 11.0 Å². The molecular weight excluding hydrogens is 292 g/mol. The number of carbonyl (C=O) groups excluding carboxylic acids is 1. The predicted octanol–water partition coefficient (Wildman–Crippen LogP) is 2.33. The van der Waals surface area contributed by atoms with Crippen molar-refractivity contribution in [1.29, 1.82) is 0 Å². The second-order valence-corrected chi connectivity index (χ2v) is 7.50. The third kappa shape index (κ3) is 2.83. The lowest BCUT2D eigenvalue weighted by atomic mass is 9.90. The molecule has 6 nitrogen and oxygen atoms in total. The van der Waals surface area contributed by atoms with Gasteiger partial charge in [0, 0.05) is 24.2 Å². The van der Waals surface area contributed by atoms with E-state index in [2.05, 4.69) is 37.8 Å². The first-order valence-electron chi connectivity index (χ1n) is 8.08. The molecule has 2 aromatic rings. The predicted molar refractivity (Wildman–Crippen MR) is 88.2 cm³/mol. The van der Waals surface area contributed by atoms with Crippen molar-refractivity contribution in [1.82, 2.24) is 15.0 Å². The fourth-order valence-electron chi connectivity index (χ4n) is 3.25. The molecule has 0 spiro atoms. The van der Waals surface area contributed by atoms with Crippen LogP contribution in [0.5, 0.6) is 0 Å². The molecule has 1 fully saturated rings. The van der Waals surface area contributed by atoms with Crippen molar-refractivity contribution in [2.45, 2.75) is 45.6 Å². The fourth-order valence-corrected chi connectivity index (χ4v) is 3.25. The average molecular weight is 316 g/mol. The van der Waals surface area contributed by atoms with Crippen LogP contribution in [0.2, 0.25) is 0 Å². The molecule has 1 aliphatic heterocycles. The molecule has 3 heterocycles. The van der Waals surface area contributed by atoms with Crippen molar-refractivity contribution >= 4 is 17.0 Å². The molecule has 1 amide bonds. The van der Waals surface area contributed by atoms with Gasteiger partial charge in [0.1, 0.15) is 0 Å². The Balaban J connectivity index is 1.95. The Labute approximate surface area is 136 Å². The van der Waals surface area contributed by atoms with Crippen LogP contribution < -0.4 is 5.73 Å². The van der Waals surface area contributed by atoms with E-state index in [0.717, 1.165) is 17.5 Å². The summed E-state index contributed by atoms with van der Waals surface area (Å²) >= 11 is 0. The van der Waals surface area contributed by atoms with Crippen LogP contribution in [-0.4, -0.2) is 40.1 Å². The van der Waals surface area contributed by atoms with E-state index in [9.17, 15) is 4.79 Å². The highest BCUT2D eigenvalue weighted by Gasteiger charge is 2.33. The quantitative estimate of drug-likeness (QED) is 0.919. The maximum absolute atomic E-state index is 12.8. The monoisotopic (exact) mass is 316 g/mol. The number of likely N-dealkylation sites (tertiary alicyclic amines) is 1. The summed E-state index contributed by atoms with van der Waals surface area (Å²) in [7, 11) is 0. The second kappa shape index (κ2) is 5.60. The summed E-state index contributed by atoms with van der Waals surface area (Å²) < 4.78 is 5.29. The van der Waals surface area contributed by atoms with Gasteiger partial charge in [0.2, 0.25) is 0 Å². The standard InChI is InChI=1S/C17H24N4O2/c1-10-5-11(7-18)9-21(10)16(22)12-6-13-14(17(2,3)4)20-23-15(13)19-8-12/h6,8,10-11H,5,7,9,18H2,1-4H3. The van der Waals surface area contributed by atoms with Crippen molar-refractivity contribution in [3.05, 3.63) is 23.5 Å². The normalized spacial score (nSPS) is 22.0. The number of amides is 1. The number of carbonyl (C=O) groups is 1. The van der Waals surface area contributed by atoms with Crippen LogP contribution in [0.25, 0.3) is 11.1 Å². The van der Waals surface area contributed by atoms with Gasteiger partial charge in [-0.25, -0.2) is 4.98 Å². The highest BCUT2D eigenvalue weighted by Crippen LogP contribution is 2.30. The molecule has 2 unspecified atom stereocenters. The van der Waals surface area contributed by atoms with Crippen molar-refractivity contribution in [2.24, 2.45) is 11.7 Å². The van der Waals surface area contributed by atoms with Gasteiger partial charge >= 0.3 is 0 Å². The third-order valence-electron chi connectivity index (χ3n) is 4.54. The summed E-state index contributed by atoms with van der Waals surface area (Å²) in [4.78, 5) is 19.0. The minimum atomic E-state index is -0.166. The molecule has 0 radical (unpaired) electrons. The zero-order valence-corrected chi connectivity index (χ0v) is 14.2. The van der Waals surface area contributed by atoms with Gasteiger partial charge in [-0.15, -0.1) is 0 Å². The summed E-state index contributed by atoms with van der Waals surface area (Å²) in [5.74, 6) is 0.385. The number of pyridine rings is 1. The molecule has 2 aromatic heterocycles. The van der Waals surface area contributed by atoms with Gasteiger partial charge < -0.3 is 15.2 Å². The Hall–Kier alpha value is -1.95. The van der Waals surface area contributed by atoms with Gasteiger partial charge in [-0.05, 0) is 31.9 Å². The molecule has 2 N–H and O–H groups in total. The number of fused-ring (bicyclic) bond motifs is 1. The number of aromatic nitrogens is 2. The lowest BCUT2D eigenvalue weighted by molar-refractivity contribution is 0.0743. The molecule has 1 saturated heterocycles. The number of hydrogen-bond donors (Lipinski definition) is 1. The highest BCUT2D eigenvalue weighted by atomic mass is 16.5. The van der Waals surface area contributed by atoms with E-state index in [-0.39, 0.29) is 17.4 Å². The van der Waals surface area contributed by atoms with E-state index in [0.29, 0.717) is 30.3 Å². The summed E-state index contributed by atoms with van der Waals surface area (Å²) in [6, 6.07) is 2.06. The lowest BCUT2D eigenvalue weighted by Gasteiger charge is -2.21. The van der Waals surface area contributed by atoms with Crippen LogP contribution in [0.15, 0.2) is 16.8 Å².